The fourth-order valence-corrected chi connectivity index (χ4v) is 1.19. The second kappa shape index (κ2) is 3.72. The molecule has 1 aliphatic heterocycles. The minimum Gasteiger partial charge on any atom is -0.478 e. The lowest BCUT2D eigenvalue weighted by Gasteiger charge is -2.39. The molecule has 0 saturated carbocycles. The summed E-state index contributed by atoms with van der Waals surface area (Å²) in [5.41, 5.74) is -0.917. The normalized spacial score (nSPS) is 20.5. The Morgan fingerprint density at radius 3 is 2.67 bits per heavy atom. The van der Waals surface area contributed by atoms with Crippen LogP contribution < -0.4 is 5.32 Å². The lowest BCUT2D eigenvalue weighted by molar-refractivity contribution is -0.143. The first kappa shape index (κ1) is 11.2. The number of carbonyl (C=O) groups excluding carboxylic acids is 2. The highest BCUT2D eigenvalue weighted by Gasteiger charge is 2.39. The number of rotatable bonds is 2. The van der Waals surface area contributed by atoms with Gasteiger partial charge in [0.05, 0.1) is 6.54 Å². The van der Waals surface area contributed by atoms with Crippen molar-refractivity contribution in [2.24, 2.45) is 0 Å². The number of amides is 2. The largest absolute Gasteiger partial charge is 0.478 e. The number of carboxylic acids is 1. The average molecular weight is 212 g/mol. The van der Waals surface area contributed by atoms with E-state index in [1.54, 1.807) is 13.8 Å². The maximum absolute atomic E-state index is 11.4. The molecule has 0 bridgehead atoms. The van der Waals surface area contributed by atoms with Crippen molar-refractivity contribution in [1.29, 1.82) is 0 Å². The molecule has 0 aromatic rings. The lowest BCUT2D eigenvalue weighted by atomic mass is 9.99. The van der Waals surface area contributed by atoms with E-state index >= 15 is 0 Å². The molecule has 1 heterocycles. The first-order chi connectivity index (χ1) is 6.84. The highest BCUT2D eigenvalue weighted by molar-refractivity contribution is 6.03. The summed E-state index contributed by atoms with van der Waals surface area (Å²) in [5, 5.41) is 10.6. The van der Waals surface area contributed by atoms with Gasteiger partial charge in [0.1, 0.15) is 5.54 Å². The van der Waals surface area contributed by atoms with Crippen LogP contribution in [0.3, 0.4) is 0 Å². The van der Waals surface area contributed by atoms with Gasteiger partial charge in [-0.05, 0) is 13.8 Å². The molecule has 15 heavy (non-hydrogen) atoms. The Morgan fingerprint density at radius 1 is 1.53 bits per heavy atom. The molecule has 6 heteroatoms. The number of piperazine rings is 1. The molecule has 1 saturated heterocycles. The third kappa shape index (κ3) is 2.34. The van der Waals surface area contributed by atoms with Gasteiger partial charge in [0.2, 0.25) is 5.91 Å². The summed E-state index contributed by atoms with van der Waals surface area (Å²) >= 11 is 0. The predicted octanol–water partition coefficient (Wildman–Crippen LogP) is -0.678. The molecule has 6 nitrogen and oxygen atoms in total. The predicted molar refractivity (Wildman–Crippen MR) is 50.7 cm³/mol. The van der Waals surface area contributed by atoms with Gasteiger partial charge in [0, 0.05) is 12.3 Å². The molecule has 82 valence electrons. The van der Waals surface area contributed by atoms with E-state index in [1.165, 1.54) is 11.1 Å². The molecular formula is C9H12N2O4. The zero-order chi connectivity index (χ0) is 11.6. The van der Waals surface area contributed by atoms with Crippen molar-refractivity contribution >= 4 is 17.8 Å². The van der Waals surface area contributed by atoms with Gasteiger partial charge in [-0.25, -0.2) is 4.79 Å². The van der Waals surface area contributed by atoms with E-state index < -0.39 is 23.3 Å². The molecule has 0 aromatic heterocycles. The van der Waals surface area contributed by atoms with Gasteiger partial charge in [0.25, 0.3) is 5.91 Å². The third-order valence-corrected chi connectivity index (χ3v) is 2.24. The van der Waals surface area contributed by atoms with Crippen molar-refractivity contribution in [2.45, 2.75) is 19.4 Å². The van der Waals surface area contributed by atoms with Crippen molar-refractivity contribution < 1.29 is 19.5 Å². The van der Waals surface area contributed by atoms with Crippen molar-refractivity contribution in [3.05, 3.63) is 12.3 Å². The highest BCUT2D eigenvalue weighted by atomic mass is 16.4. The van der Waals surface area contributed by atoms with Crippen molar-refractivity contribution in [3.63, 3.8) is 0 Å². The topological polar surface area (TPSA) is 86.7 Å². The van der Waals surface area contributed by atoms with E-state index in [1.807, 2.05) is 0 Å². The summed E-state index contributed by atoms with van der Waals surface area (Å²) in [6.45, 7) is 3.20. The maximum Gasteiger partial charge on any atom is 0.329 e. The van der Waals surface area contributed by atoms with Crippen LogP contribution in [0.15, 0.2) is 12.3 Å². The standard InChI is InChI=1S/C9H12N2O4/c1-9(2)8(15)10-6(12)5-11(9)4-3-7(13)14/h3-4H,5H2,1-2H3,(H,13,14)(H,10,12,15). The molecule has 1 rings (SSSR count). The van der Waals surface area contributed by atoms with Gasteiger partial charge < -0.3 is 10.0 Å². The van der Waals surface area contributed by atoms with E-state index in [0.717, 1.165) is 6.08 Å². The Morgan fingerprint density at radius 2 is 2.13 bits per heavy atom. The van der Waals surface area contributed by atoms with Gasteiger partial charge in [0.15, 0.2) is 0 Å². The van der Waals surface area contributed by atoms with Crippen LogP contribution in [0, 0.1) is 0 Å². The van der Waals surface area contributed by atoms with Crippen LogP contribution in [0.1, 0.15) is 13.8 Å². The fraction of sp³-hybridized carbons (Fsp3) is 0.444. The Balaban J connectivity index is 2.89. The van der Waals surface area contributed by atoms with Crippen molar-refractivity contribution in [1.82, 2.24) is 10.2 Å². The molecule has 0 spiro atoms. The number of carboxylic acid groups (broad SMARTS) is 1. The van der Waals surface area contributed by atoms with Gasteiger partial charge in [-0.15, -0.1) is 0 Å². The molecule has 0 unspecified atom stereocenters. The molecular weight excluding hydrogens is 200 g/mol. The van der Waals surface area contributed by atoms with E-state index in [9.17, 15) is 14.4 Å². The van der Waals surface area contributed by atoms with Gasteiger partial charge in [-0.3, -0.25) is 14.9 Å². The summed E-state index contributed by atoms with van der Waals surface area (Å²) in [6, 6.07) is 0. The number of hydrogen-bond donors (Lipinski definition) is 2. The third-order valence-electron chi connectivity index (χ3n) is 2.24. The highest BCUT2D eigenvalue weighted by Crippen LogP contribution is 2.18. The summed E-state index contributed by atoms with van der Waals surface area (Å²) < 4.78 is 0. The van der Waals surface area contributed by atoms with Crippen LogP contribution in [0.25, 0.3) is 0 Å². The molecule has 2 amide bonds. The molecule has 1 fully saturated rings. The van der Waals surface area contributed by atoms with Crippen LogP contribution in [-0.2, 0) is 14.4 Å². The van der Waals surface area contributed by atoms with E-state index in [0.29, 0.717) is 0 Å². The number of nitrogens with one attached hydrogen (secondary N) is 1. The minimum atomic E-state index is -1.12. The zero-order valence-corrected chi connectivity index (χ0v) is 8.48. The molecule has 0 radical (unpaired) electrons. The Kier molecular flexibility index (Phi) is 2.78. The molecule has 0 aliphatic carbocycles. The lowest BCUT2D eigenvalue weighted by Crippen LogP contribution is -2.62. The first-order valence-electron chi connectivity index (χ1n) is 4.36. The monoisotopic (exact) mass is 212 g/mol. The number of hydrogen-bond acceptors (Lipinski definition) is 4. The van der Waals surface area contributed by atoms with Crippen molar-refractivity contribution in [3.8, 4) is 0 Å². The average Bonchev–Trinajstić information content (AvgIpc) is 2.09. The summed E-state index contributed by atoms with van der Waals surface area (Å²) in [6.07, 6.45) is 2.13. The maximum atomic E-state index is 11.4. The Labute approximate surface area is 86.6 Å². The number of carbonyl (C=O) groups is 3. The molecule has 1 aliphatic rings. The molecule has 2 N–H and O–H groups in total. The Hall–Kier alpha value is -1.85. The zero-order valence-electron chi connectivity index (χ0n) is 8.48. The van der Waals surface area contributed by atoms with E-state index in [2.05, 4.69) is 5.32 Å². The SMILES string of the molecule is CC1(C)C(=O)NC(=O)CN1C=CC(=O)O. The minimum absolute atomic E-state index is 0.0253. The van der Waals surface area contributed by atoms with E-state index in [4.69, 9.17) is 5.11 Å². The number of imide groups is 1. The van der Waals surface area contributed by atoms with Crippen LogP contribution in [0.5, 0.6) is 0 Å². The van der Waals surface area contributed by atoms with Crippen LogP contribution in [-0.4, -0.2) is 39.9 Å². The Bertz CT molecular complexity index is 346. The summed E-state index contributed by atoms with van der Waals surface area (Å²) in [4.78, 5) is 34.2. The second-order valence-electron chi connectivity index (χ2n) is 3.72. The van der Waals surface area contributed by atoms with Gasteiger partial charge in [-0.1, -0.05) is 0 Å². The van der Waals surface area contributed by atoms with Crippen LogP contribution >= 0.6 is 0 Å². The van der Waals surface area contributed by atoms with Crippen LogP contribution in [0.2, 0.25) is 0 Å². The van der Waals surface area contributed by atoms with E-state index in [-0.39, 0.29) is 6.54 Å². The smallest absolute Gasteiger partial charge is 0.329 e. The number of nitrogens with zero attached hydrogens (tertiary/aromatic N) is 1. The van der Waals surface area contributed by atoms with Crippen molar-refractivity contribution in [2.75, 3.05) is 6.54 Å². The van der Waals surface area contributed by atoms with Gasteiger partial charge in [-0.2, -0.15) is 0 Å². The first-order valence-corrected chi connectivity index (χ1v) is 4.36. The van der Waals surface area contributed by atoms with Gasteiger partial charge >= 0.3 is 5.97 Å². The molecule has 0 aromatic carbocycles. The van der Waals surface area contributed by atoms with Crippen LogP contribution in [0.4, 0.5) is 0 Å². The summed E-state index contributed by atoms with van der Waals surface area (Å²) in [7, 11) is 0. The molecule has 0 atom stereocenters. The number of aliphatic carboxylic acids is 1. The fourth-order valence-electron chi connectivity index (χ4n) is 1.19. The quantitative estimate of drug-likeness (QED) is 0.468. The second-order valence-corrected chi connectivity index (χ2v) is 3.72. The summed E-state index contributed by atoms with van der Waals surface area (Å²) in [5.74, 6) is -1.99.